The molecule has 5 aromatic rings. The molecule has 0 amide bonds. The van der Waals surface area contributed by atoms with Crippen molar-refractivity contribution in [1.82, 2.24) is 9.97 Å². The summed E-state index contributed by atoms with van der Waals surface area (Å²) >= 11 is 0. The van der Waals surface area contributed by atoms with E-state index >= 15 is 0 Å². The topological polar surface area (TPSA) is 78.4 Å². The fourth-order valence-corrected chi connectivity index (χ4v) is 4.78. The Morgan fingerprint density at radius 3 is 1.44 bits per heavy atom. The first-order chi connectivity index (χ1) is 17.5. The summed E-state index contributed by atoms with van der Waals surface area (Å²) in [7, 11) is 0. The maximum Gasteiger partial charge on any atom is 0.339 e. The quantitative estimate of drug-likeness (QED) is 0.200. The van der Waals surface area contributed by atoms with Gasteiger partial charge in [0.15, 0.2) is 0 Å². The molecule has 0 unspecified atom stereocenters. The van der Waals surface area contributed by atoms with Crippen molar-refractivity contribution < 1.29 is 19.1 Å². The first-order valence-electron chi connectivity index (χ1n) is 11.7. The highest BCUT2D eigenvalue weighted by Crippen LogP contribution is 2.34. The second kappa shape index (κ2) is 8.57. The van der Waals surface area contributed by atoms with Gasteiger partial charge in [0.05, 0.1) is 33.5 Å². The molecular formula is C30H22N2O4. The Morgan fingerprint density at radius 1 is 0.583 bits per heavy atom. The minimum atomic E-state index is -0.483. The maximum atomic E-state index is 13.3. The van der Waals surface area contributed by atoms with Crippen LogP contribution in [-0.2, 0) is 22.7 Å². The molecule has 0 spiro atoms. The van der Waals surface area contributed by atoms with Gasteiger partial charge < -0.3 is 9.47 Å². The number of rotatable bonds is 0. The van der Waals surface area contributed by atoms with Crippen LogP contribution in [-0.4, -0.2) is 21.9 Å². The van der Waals surface area contributed by atoms with Gasteiger partial charge in [0, 0.05) is 21.9 Å². The zero-order valence-electron chi connectivity index (χ0n) is 19.9. The van der Waals surface area contributed by atoms with E-state index in [2.05, 4.69) is 0 Å². The zero-order valence-corrected chi connectivity index (χ0v) is 19.9. The molecule has 6 nitrogen and oxygen atoms in total. The molecule has 0 aliphatic carbocycles. The van der Waals surface area contributed by atoms with E-state index in [0.29, 0.717) is 44.7 Å². The van der Waals surface area contributed by atoms with Gasteiger partial charge >= 0.3 is 11.9 Å². The van der Waals surface area contributed by atoms with Gasteiger partial charge in [0.25, 0.3) is 0 Å². The van der Waals surface area contributed by atoms with Gasteiger partial charge in [-0.15, -0.1) is 0 Å². The second-order valence-corrected chi connectivity index (χ2v) is 8.96. The molecule has 6 heteroatoms. The molecule has 3 heterocycles. The molecule has 2 aromatic heterocycles. The van der Waals surface area contributed by atoms with Crippen LogP contribution in [0.25, 0.3) is 32.9 Å². The molecule has 1 aliphatic rings. The van der Waals surface area contributed by atoms with E-state index in [1.807, 2.05) is 74.5 Å². The fourth-order valence-electron chi connectivity index (χ4n) is 4.78. The monoisotopic (exact) mass is 474 g/mol. The largest absolute Gasteiger partial charge is 0.456 e. The van der Waals surface area contributed by atoms with Crippen LogP contribution in [0.2, 0.25) is 0 Å². The van der Waals surface area contributed by atoms with Crippen LogP contribution in [0.1, 0.15) is 43.2 Å². The van der Waals surface area contributed by atoms with Crippen molar-refractivity contribution in [2.75, 3.05) is 0 Å². The van der Waals surface area contributed by atoms with E-state index in [0.717, 1.165) is 21.9 Å². The van der Waals surface area contributed by atoms with Crippen molar-refractivity contribution in [1.29, 1.82) is 0 Å². The Balaban J connectivity index is 1.57. The lowest BCUT2D eigenvalue weighted by molar-refractivity contribution is 0.0457. The predicted molar refractivity (Wildman–Crippen MR) is 137 cm³/mol. The number of hydrogen-bond acceptors (Lipinski definition) is 6. The molecule has 4 bridgehead atoms. The molecule has 0 radical (unpaired) electrons. The highest BCUT2D eigenvalue weighted by atomic mass is 16.5. The van der Waals surface area contributed by atoms with Crippen molar-refractivity contribution in [2.45, 2.75) is 27.1 Å². The van der Waals surface area contributed by atoms with Crippen molar-refractivity contribution in [3.8, 4) is 11.1 Å². The summed E-state index contributed by atoms with van der Waals surface area (Å²) in [5.41, 5.74) is 6.47. The summed E-state index contributed by atoms with van der Waals surface area (Å²) < 4.78 is 11.5. The SMILES string of the molecule is Cc1cccc2c1-c1c(C)cccc1C(=O)OCc1ccc3ccc4ccc(nc4c3n1)COC2=O. The smallest absolute Gasteiger partial charge is 0.339 e. The number of aryl methyl sites for hydroxylation is 2. The average molecular weight is 475 g/mol. The van der Waals surface area contributed by atoms with Gasteiger partial charge in [-0.05, 0) is 49.2 Å². The number of hydrogen-bond donors (Lipinski definition) is 0. The molecule has 176 valence electrons. The van der Waals surface area contributed by atoms with Crippen molar-refractivity contribution in [2.24, 2.45) is 0 Å². The lowest BCUT2D eigenvalue weighted by Crippen LogP contribution is -2.13. The van der Waals surface area contributed by atoms with E-state index in [9.17, 15) is 9.59 Å². The Kier molecular flexibility index (Phi) is 5.22. The Labute approximate surface area is 207 Å². The van der Waals surface area contributed by atoms with Crippen molar-refractivity contribution >= 4 is 33.7 Å². The number of nitrogens with zero attached hydrogens (tertiary/aromatic N) is 2. The van der Waals surface area contributed by atoms with Crippen LogP contribution < -0.4 is 0 Å². The number of aromatic nitrogens is 2. The number of carbonyl (C=O) groups is 2. The highest BCUT2D eigenvalue weighted by Gasteiger charge is 2.24. The molecule has 0 saturated heterocycles. The van der Waals surface area contributed by atoms with Crippen molar-refractivity contribution in [3.05, 3.63) is 106 Å². The molecular weight excluding hydrogens is 452 g/mol. The van der Waals surface area contributed by atoms with E-state index in [4.69, 9.17) is 19.4 Å². The summed E-state index contributed by atoms with van der Waals surface area (Å²) in [5.74, 6) is -0.966. The number of cyclic esters (lactones) is 2. The summed E-state index contributed by atoms with van der Waals surface area (Å²) in [4.78, 5) is 36.2. The molecule has 0 fully saturated rings. The highest BCUT2D eigenvalue weighted by molar-refractivity contribution is 6.05. The second-order valence-electron chi connectivity index (χ2n) is 8.96. The first-order valence-corrected chi connectivity index (χ1v) is 11.7. The van der Waals surface area contributed by atoms with Crippen LogP contribution >= 0.6 is 0 Å². The van der Waals surface area contributed by atoms with Crippen LogP contribution in [0, 0.1) is 13.8 Å². The third kappa shape index (κ3) is 3.67. The van der Waals surface area contributed by atoms with Gasteiger partial charge in [-0.2, -0.15) is 0 Å². The van der Waals surface area contributed by atoms with E-state index < -0.39 is 11.9 Å². The van der Waals surface area contributed by atoms with E-state index in [1.165, 1.54) is 0 Å². The Bertz CT molecular complexity index is 1580. The number of fused-ring (bicyclic) bond motifs is 5. The fraction of sp³-hybridized carbons (Fsp3) is 0.133. The van der Waals surface area contributed by atoms with Gasteiger partial charge in [-0.1, -0.05) is 48.5 Å². The maximum absolute atomic E-state index is 13.3. The molecule has 0 saturated carbocycles. The first kappa shape index (κ1) is 21.9. The summed E-state index contributed by atoms with van der Waals surface area (Å²) in [6, 6.07) is 22.5. The zero-order chi connectivity index (χ0) is 24.8. The minimum absolute atomic E-state index is 0.0148. The number of pyridine rings is 2. The lowest BCUT2D eigenvalue weighted by Gasteiger charge is -2.18. The number of carbonyl (C=O) groups excluding carboxylic acids is 2. The van der Waals surface area contributed by atoms with Gasteiger partial charge in [-0.25, -0.2) is 19.6 Å². The standard InChI is InChI=1S/C30H22N2O4/c1-17-5-3-7-23-25(17)26-18(2)6-4-8-24(26)30(34)36-16-22-14-12-20-10-9-19-11-13-21(15-35-29(23)33)31-27(19)28(20)32-22/h3-14H,15-16H2,1-2H3. The summed E-state index contributed by atoms with van der Waals surface area (Å²) in [6.45, 7) is 3.86. The molecule has 6 rings (SSSR count). The predicted octanol–water partition coefficient (Wildman–Crippen LogP) is 6.09. The number of esters is 2. The van der Waals surface area contributed by atoms with E-state index in [1.54, 1.807) is 12.1 Å². The van der Waals surface area contributed by atoms with Gasteiger partial charge in [0.2, 0.25) is 0 Å². The van der Waals surface area contributed by atoms with Crippen LogP contribution in [0.5, 0.6) is 0 Å². The summed E-state index contributed by atoms with van der Waals surface area (Å²) in [6.07, 6.45) is 0. The lowest BCUT2D eigenvalue weighted by atomic mass is 9.88. The normalized spacial score (nSPS) is 13.6. The van der Waals surface area contributed by atoms with Crippen LogP contribution in [0.4, 0.5) is 0 Å². The van der Waals surface area contributed by atoms with Crippen LogP contribution in [0.3, 0.4) is 0 Å². The minimum Gasteiger partial charge on any atom is -0.456 e. The van der Waals surface area contributed by atoms with Crippen LogP contribution in [0.15, 0.2) is 72.8 Å². The molecule has 0 N–H and O–H groups in total. The molecule has 1 aliphatic heterocycles. The number of ether oxygens (including phenoxy) is 2. The average Bonchev–Trinajstić information content (AvgIpc) is 2.89. The molecule has 0 atom stereocenters. The third-order valence-electron chi connectivity index (χ3n) is 6.57. The summed E-state index contributed by atoms with van der Waals surface area (Å²) in [5, 5.41) is 1.84. The van der Waals surface area contributed by atoms with Crippen molar-refractivity contribution in [3.63, 3.8) is 0 Å². The number of benzene rings is 3. The Hall–Kier alpha value is -4.58. The third-order valence-corrected chi connectivity index (χ3v) is 6.57. The van der Waals surface area contributed by atoms with Gasteiger partial charge in [0.1, 0.15) is 13.2 Å². The Morgan fingerprint density at radius 2 is 1.00 bits per heavy atom. The van der Waals surface area contributed by atoms with Gasteiger partial charge in [-0.3, -0.25) is 0 Å². The molecule has 36 heavy (non-hydrogen) atoms. The van der Waals surface area contributed by atoms with E-state index in [-0.39, 0.29) is 13.2 Å². The molecule has 3 aromatic carbocycles.